The molecule has 1 aliphatic rings. The highest BCUT2D eigenvalue weighted by Gasteiger charge is 2.09. The summed E-state index contributed by atoms with van der Waals surface area (Å²) in [6, 6.07) is 1.78. The van der Waals surface area contributed by atoms with Gasteiger partial charge in [0, 0.05) is 31.9 Å². The Labute approximate surface area is 120 Å². The van der Waals surface area contributed by atoms with E-state index in [9.17, 15) is 0 Å². The summed E-state index contributed by atoms with van der Waals surface area (Å²) >= 11 is 0. The molecule has 0 aromatic carbocycles. The summed E-state index contributed by atoms with van der Waals surface area (Å²) in [5.41, 5.74) is 0. The first kappa shape index (κ1) is 15.0. The van der Waals surface area contributed by atoms with Crippen LogP contribution in [0.2, 0.25) is 0 Å². The molecule has 1 N–H and O–H groups in total. The second kappa shape index (κ2) is 8.01. The van der Waals surface area contributed by atoms with Gasteiger partial charge in [0.2, 0.25) is 11.8 Å². The Morgan fingerprint density at radius 3 is 2.95 bits per heavy atom. The maximum absolute atomic E-state index is 5.54. The lowest BCUT2D eigenvalue weighted by Gasteiger charge is -2.26. The summed E-state index contributed by atoms with van der Waals surface area (Å²) in [4.78, 5) is 10.9. The first-order valence-electron chi connectivity index (χ1n) is 7.28. The van der Waals surface area contributed by atoms with Gasteiger partial charge in [0.15, 0.2) is 0 Å². The van der Waals surface area contributed by atoms with Crippen LogP contribution in [0.25, 0.3) is 0 Å². The van der Waals surface area contributed by atoms with E-state index in [-0.39, 0.29) is 6.10 Å². The summed E-state index contributed by atoms with van der Waals surface area (Å²) in [5, 5.41) is 3.24. The Bertz CT molecular complexity index is 395. The van der Waals surface area contributed by atoms with Crippen molar-refractivity contribution < 1.29 is 9.47 Å². The number of hydrogen-bond acceptors (Lipinski definition) is 6. The van der Waals surface area contributed by atoms with Crippen molar-refractivity contribution in [2.75, 3.05) is 44.7 Å². The van der Waals surface area contributed by atoms with Gasteiger partial charge in [-0.05, 0) is 26.8 Å². The molecule has 6 heteroatoms. The molecule has 1 aromatic rings. The Hall–Kier alpha value is -1.40. The van der Waals surface area contributed by atoms with Gasteiger partial charge in [-0.2, -0.15) is 4.98 Å². The predicted molar refractivity (Wildman–Crippen MR) is 78.2 cm³/mol. The molecule has 0 bridgehead atoms. The summed E-state index contributed by atoms with van der Waals surface area (Å²) in [7, 11) is 0. The Morgan fingerprint density at radius 1 is 1.40 bits per heavy atom. The van der Waals surface area contributed by atoms with Gasteiger partial charge in [0.1, 0.15) is 0 Å². The summed E-state index contributed by atoms with van der Waals surface area (Å²) in [5.74, 6) is 1.25. The number of nitrogens with one attached hydrogen (secondary N) is 1. The zero-order valence-corrected chi connectivity index (χ0v) is 12.3. The van der Waals surface area contributed by atoms with Crippen molar-refractivity contribution in [2.24, 2.45) is 0 Å². The number of ether oxygens (including phenoxy) is 2. The van der Waals surface area contributed by atoms with Crippen LogP contribution >= 0.6 is 0 Å². The number of anilines is 1. The largest absolute Gasteiger partial charge is 0.475 e. The lowest BCUT2D eigenvalue weighted by molar-refractivity contribution is 0.0378. The number of morpholine rings is 1. The fourth-order valence-electron chi connectivity index (χ4n) is 2.06. The molecule has 2 heterocycles. The molecule has 0 atom stereocenters. The third-order valence-electron chi connectivity index (χ3n) is 3.02. The molecule has 20 heavy (non-hydrogen) atoms. The third kappa shape index (κ3) is 5.30. The molecule has 2 rings (SSSR count). The van der Waals surface area contributed by atoms with Gasteiger partial charge < -0.3 is 14.8 Å². The maximum atomic E-state index is 5.54. The molecular weight excluding hydrogens is 256 g/mol. The van der Waals surface area contributed by atoms with E-state index in [4.69, 9.17) is 9.47 Å². The van der Waals surface area contributed by atoms with Crippen LogP contribution < -0.4 is 10.1 Å². The van der Waals surface area contributed by atoms with Gasteiger partial charge in [-0.3, -0.25) is 4.90 Å². The zero-order valence-electron chi connectivity index (χ0n) is 12.3. The molecule has 0 unspecified atom stereocenters. The second-order valence-corrected chi connectivity index (χ2v) is 5.12. The molecule has 1 aromatic heterocycles. The van der Waals surface area contributed by atoms with Crippen molar-refractivity contribution in [3.63, 3.8) is 0 Å². The van der Waals surface area contributed by atoms with Crippen molar-refractivity contribution in [1.82, 2.24) is 14.9 Å². The Morgan fingerprint density at radius 2 is 2.20 bits per heavy atom. The zero-order chi connectivity index (χ0) is 14.2. The molecule has 0 amide bonds. The fraction of sp³-hybridized carbons (Fsp3) is 0.714. The van der Waals surface area contributed by atoms with Gasteiger partial charge in [-0.1, -0.05) is 0 Å². The van der Waals surface area contributed by atoms with E-state index in [2.05, 4.69) is 20.2 Å². The van der Waals surface area contributed by atoms with Crippen LogP contribution in [0.4, 0.5) is 5.95 Å². The van der Waals surface area contributed by atoms with Crippen LogP contribution in [0.15, 0.2) is 12.3 Å². The van der Waals surface area contributed by atoms with Crippen LogP contribution in [0.1, 0.15) is 20.3 Å². The molecular formula is C14H24N4O2. The lowest BCUT2D eigenvalue weighted by atomic mass is 10.3. The van der Waals surface area contributed by atoms with Crippen LogP contribution in [0.5, 0.6) is 5.88 Å². The molecule has 1 saturated heterocycles. The smallest absolute Gasteiger partial charge is 0.225 e. The average Bonchev–Trinajstić information content (AvgIpc) is 2.44. The van der Waals surface area contributed by atoms with E-state index < -0.39 is 0 Å². The van der Waals surface area contributed by atoms with E-state index >= 15 is 0 Å². The topological polar surface area (TPSA) is 59.5 Å². The van der Waals surface area contributed by atoms with Crippen molar-refractivity contribution in [2.45, 2.75) is 26.4 Å². The minimum atomic E-state index is 0.124. The van der Waals surface area contributed by atoms with Crippen molar-refractivity contribution in [3.05, 3.63) is 12.3 Å². The SMILES string of the molecule is CC(C)Oc1ccnc(NCCCN2CCOCC2)n1. The first-order chi connectivity index (χ1) is 9.74. The van der Waals surface area contributed by atoms with Crippen LogP contribution in [0.3, 0.4) is 0 Å². The molecule has 1 aliphatic heterocycles. The quantitative estimate of drug-likeness (QED) is 0.762. The predicted octanol–water partition coefficient (Wildman–Crippen LogP) is 1.40. The van der Waals surface area contributed by atoms with E-state index in [1.54, 1.807) is 12.3 Å². The van der Waals surface area contributed by atoms with Crippen LogP contribution in [-0.2, 0) is 4.74 Å². The van der Waals surface area contributed by atoms with E-state index in [0.29, 0.717) is 11.8 Å². The van der Waals surface area contributed by atoms with Crippen LogP contribution in [0, 0.1) is 0 Å². The Kier molecular flexibility index (Phi) is 6.01. The number of rotatable bonds is 7. The highest BCUT2D eigenvalue weighted by atomic mass is 16.5. The molecule has 0 radical (unpaired) electrons. The molecule has 0 aliphatic carbocycles. The highest BCUT2D eigenvalue weighted by molar-refractivity contribution is 5.27. The lowest BCUT2D eigenvalue weighted by Crippen LogP contribution is -2.37. The third-order valence-corrected chi connectivity index (χ3v) is 3.02. The van der Waals surface area contributed by atoms with E-state index in [1.165, 1.54) is 0 Å². The van der Waals surface area contributed by atoms with Gasteiger partial charge in [-0.25, -0.2) is 4.98 Å². The molecule has 1 fully saturated rings. The van der Waals surface area contributed by atoms with E-state index in [1.807, 2.05) is 13.8 Å². The van der Waals surface area contributed by atoms with Crippen LogP contribution in [-0.4, -0.2) is 60.4 Å². The molecule has 0 saturated carbocycles. The minimum Gasteiger partial charge on any atom is -0.475 e. The minimum absolute atomic E-state index is 0.124. The van der Waals surface area contributed by atoms with Gasteiger partial charge in [0.05, 0.1) is 19.3 Å². The second-order valence-electron chi connectivity index (χ2n) is 5.12. The van der Waals surface area contributed by atoms with Gasteiger partial charge >= 0.3 is 0 Å². The molecule has 0 spiro atoms. The van der Waals surface area contributed by atoms with Crippen molar-refractivity contribution in [3.8, 4) is 5.88 Å². The standard InChI is InChI=1S/C14H24N4O2/c1-12(2)20-13-4-6-16-14(17-13)15-5-3-7-18-8-10-19-11-9-18/h4,6,12H,3,5,7-11H2,1-2H3,(H,15,16,17). The van der Waals surface area contributed by atoms with Crippen molar-refractivity contribution in [1.29, 1.82) is 0 Å². The molecule has 112 valence electrons. The number of nitrogens with zero attached hydrogens (tertiary/aromatic N) is 3. The number of aromatic nitrogens is 2. The van der Waals surface area contributed by atoms with Gasteiger partial charge in [0.25, 0.3) is 0 Å². The summed E-state index contributed by atoms with van der Waals surface area (Å²) in [6.45, 7) is 9.69. The van der Waals surface area contributed by atoms with Crippen molar-refractivity contribution >= 4 is 5.95 Å². The van der Waals surface area contributed by atoms with E-state index in [0.717, 1.165) is 45.8 Å². The normalized spacial score (nSPS) is 16.4. The average molecular weight is 280 g/mol. The van der Waals surface area contributed by atoms with Gasteiger partial charge in [-0.15, -0.1) is 0 Å². The fourth-order valence-corrected chi connectivity index (χ4v) is 2.06. The maximum Gasteiger partial charge on any atom is 0.225 e. The highest BCUT2D eigenvalue weighted by Crippen LogP contribution is 2.10. The summed E-state index contributed by atoms with van der Waals surface area (Å²) in [6.07, 6.45) is 2.91. The summed E-state index contributed by atoms with van der Waals surface area (Å²) < 4.78 is 10.9. The first-order valence-corrected chi connectivity index (χ1v) is 7.28. The Balaban J connectivity index is 1.68. The molecule has 6 nitrogen and oxygen atoms in total. The monoisotopic (exact) mass is 280 g/mol. The number of hydrogen-bond donors (Lipinski definition) is 1.